The number of thiazole rings is 1. The van der Waals surface area contributed by atoms with Crippen LogP contribution < -0.4 is 15.3 Å². The Morgan fingerprint density at radius 3 is 2.38 bits per heavy atom. The number of thiophene rings is 1. The highest BCUT2D eigenvalue weighted by molar-refractivity contribution is 7.72. The van der Waals surface area contributed by atoms with E-state index in [9.17, 15) is 19.3 Å². The van der Waals surface area contributed by atoms with Gasteiger partial charge in [0.1, 0.15) is 10.6 Å². The van der Waals surface area contributed by atoms with Gasteiger partial charge in [-0.25, -0.2) is 9.78 Å². The molecule has 0 aliphatic rings. The number of aromatic nitrogens is 1. The van der Waals surface area contributed by atoms with Gasteiger partial charge in [-0.05, 0) is 48.0 Å². The number of aromatic carboxylic acids is 1. The van der Waals surface area contributed by atoms with Gasteiger partial charge >= 0.3 is 5.97 Å². The molecule has 0 saturated carbocycles. The van der Waals surface area contributed by atoms with E-state index >= 15 is 0 Å². The molecule has 1 amide bonds. The Balaban J connectivity index is 1.62. The molecular weight excluding hydrogens is 513 g/mol. The van der Waals surface area contributed by atoms with Crippen LogP contribution in [0.2, 0.25) is 5.02 Å². The first-order valence-corrected chi connectivity index (χ1v) is 14.2. The molecule has 0 spiro atoms. The number of benzene rings is 2. The summed E-state index contributed by atoms with van der Waals surface area (Å²) in [6.45, 7) is 1.60. The van der Waals surface area contributed by atoms with Crippen molar-refractivity contribution in [3.8, 4) is 10.4 Å². The number of carboxylic acids is 1. The third-order valence-corrected chi connectivity index (χ3v) is 9.84. The van der Waals surface area contributed by atoms with Crippen LogP contribution in [0.4, 0.5) is 11.4 Å². The van der Waals surface area contributed by atoms with E-state index in [2.05, 4.69) is 10.3 Å². The van der Waals surface area contributed by atoms with Gasteiger partial charge in [-0.1, -0.05) is 23.7 Å². The lowest BCUT2D eigenvalue weighted by molar-refractivity contribution is 0.0702. The monoisotopic (exact) mass is 531 g/mol. The lowest BCUT2D eigenvalue weighted by atomic mass is 10.1. The SMILES string of the molecule is CN(c1cc(-c2ccc(NC(=O)c3cscn3)cc2)sc1C(=O)O)P(C)(=O)c1ccc(Cl)cc1. The number of carbonyl (C=O) groups is 2. The molecule has 4 aromatic rings. The largest absolute Gasteiger partial charge is 0.477 e. The average molecular weight is 532 g/mol. The molecule has 4 rings (SSSR count). The first-order valence-electron chi connectivity index (χ1n) is 9.92. The van der Waals surface area contributed by atoms with Crippen molar-refractivity contribution in [2.75, 3.05) is 23.7 Å². The van der Waals surface area contributed by atoms with Crippen LogP contribution in [0.1, 0.15) is 20.2 Å². The molecule has 34 heavy (non-hydrogen) atoms. The number of hydrogen-bond acceptors (Lipinski definition) is 6. The second-order valence-corrected chi connectivity index (χ2v) is 12.5. The number of amides is 1. The van der Waals surface area contributed by atoms with Gasteiger partial charge in [0.15, 0.2) is 7.29 Å². The smallest absolute Gasteiger partial charge is 0.348 e. The van der Waals surface area contributed by atoms with Crippen molar-refractivity contribution in [2.45, 2.75) is 0 Å². The quantitative estimate of drug-likeness (QED) is 0.278. The van der Waals surface area contributed by atoms with Gasteiger partial charge < -0.3 is 15.1 Å². The zero-order valence-electron chi connectivity index (χ0n) is 18.1. The van der Waals surface area contributed by atoms with Crippen LogP contribution in [-0.2, 0) is 4.57 Å². The van der Waals surface area contributed by atoms with Crippen LogP contribution in [-0.4, -0.2) is 35.7 Å². The number of anilines is 2. The van der Waals surface area contributed by atoms with Crippen LogP contribution in [0.3, 0.4) is 0 Å². The predicted molar refractivity (Wildman–Crippen MR) is 140 cm³/mol. The fourth-order valence-corrected chi connectivity index (χ4v) is 6.63. The third kappa shape index (κ3) is 4.93. The second kappa shape index (κ2) is 9.72. The Hall–Kier alpha value is -2.97. The number of rotatable bonds is 7. The molecule has 0 saturated heterocycles. The molecule has 1 unspecified atom stereocenters. The van der Waals surface area contributed by atoms with Crippen LogP contribution in [0.15, 0.2) is 65.5 Å². The summed E-state index contributed by atoms with van der Waals surface area (Å²) < 4.78 is 15.2. The van der Waals surface area contributed by atoms with Crippen LogP contribution in [0.25, 0.3) is 10.4 Å². The summed E-state index contributed by atoms with van der Waals surface area (Å²) in [6, 6.07) is 15.5. The standard InChI is InChI=1S/C23H19ClN3O4PS2/c1-27(32(2,31)17-9-5-15(24)6-10-17)19-11-20(34-21(19)23(29)30)14-3-7-16(8-4-14)26-22(28)18-12-33-13-25-18/h3-13H,1-2H3,(H,26,28)(H,29,30). The first kappa shape index (κ1) is 24.2. The van der Waals surface area contributed by atoms with Crippen molar-refractivity contribution < 1.29 is 19.3 Å². The Morgan fingerprint density at radius 1 is 1.12 bits per heavy atom. The molecule has 2 heterocycles. The molecule has 7 nitrogen and oxygen atoms in total. The summed E-state index contributed by atoms with van der Waals surface area (Å²) in [5.41, 5.74) is 3.67. The Bertz CT molecular complexity index is 1390. The first-order chi connectivity index (χ1) is 16.2. The van der Waals surface area contributed by atoms with Crippen molar-refractivity contribution in [3.05, 3.63) is 81.1 Å². The minimum absolute atomic E-state index is 0.0921. The topological polar surface area (TPSA) is 99.6 Å². The summed E-state index contributed by atoms with van der Waals surface area (Å²) in [5, 5.41) is 15.3. The van der Waals surface area contributed by atoms with E-state index in [4.69, 9.17) is 11.6 Å². The highest BCUT2D eigenvalue weighted by Gasteiger charge is 2.29. The fourth-order valence-electron chi connectivity index (χ4n) is 3.25. The molecule has 2 aromatic carbocycles. The number of halogens is 1. The van der Waals surface area contributed by atoms with Crippen LogP contribution in [0.5, 0.6) is 0 Å². The van der Waals surface area contributed by atoms with Gasteiger partial charge in [0.25, 0.3) is 5.91 Å². The fraction of sp³-hybridized carbons (Fsp3) is 0.0870. The minimum atomic E-state index is -3.10. The zero-order valence-corrected chi connectivity index (χ0v) is 21.3. The van der Waals surface area contributed by atoms with E-state index in [1.807, 2.05) is 0 Å². The van der Waals surface area contributed by atoms with Gasteiger partial charge in [0.05, 0.1) is 11.2 Å². The molecule has 0 aliphatic heterocycles. The van der Waals surface area contributed by atoms with Gasteiger partial charge in [0, 0.05) is 40.0 Å². The van der Waals surface area contributed by atoms with E-state index < -0.39 is 13.3 Å². The summed E-state index contributed by atoms with van der Waals surface area (Å²) in [5.74, 6) is -1.40. The predicted octanol–water partition coefficient (Wildman–Crippen LogP) is 6.15. The summed E-state index contributed by atoms with van der Waals surface area (Å²) in [7, 11) is -1.48. The lowest BCUT2D eigenvalue weighted by Gasteiger charge is -2.27. The van der Waals surface area contributed by atoms with E-state index in [1.54, 1.807) is 79.2 Å². The molecule has 0 bridgehead atoms. The maximum absolute atomic E-state index is 13.6. The minimum Gasteiger partial charge on any atom is -0.477 e. The second-order valence-electron chi connectivity index (χ2n) is 7.41. The van der Waals surface area contributed by atoms with E-state index in [-0.39, 0.29) is 10.8 Å². The van der Waals surface area contributed by atoms with Crippen molar-refractivity contribution in [1.82, 2.24) is 4.98 Å². The summed E-state index contributed by atoms with van der Waals surface area (Å²) >= 11 is 8.40. The number of carbonyl (C=O) groups excluding carboxylic acids is 1. The van der Waals surface area contributed by atoms with Crippen molar-refractivity contribution in [2.24, 2.45) is 0 Å². The maximum atomic E-state index is 13.6. The number of nitrogens with one attached hydrogen (secondary N) is 1. The van der Waals surface area contributed by atoms with Crippen molar-refractivity contribution in [1.29, 1.82) is 0 Å². The zero-order chi connectivity index (χ0) is 24.5. The van der Waals surface area contributed by atoms with Crippen molar-refractivity contribution >= 4 is 70.1 Å². The number of nitrogens with zero attached hydrogens (tertiary/aromatic N) is 2. The molecule has 174 valence electrons. The van der Waals surface area contributed by atoms with Gasteiger partial charge in [0.2, 0.25) is 0 Å². The van der Waals surface area contributed by atoms with E-state index in [0.29, 0.717) is 32.3 Å². The molecule has 0 fully saturated rings. The molecule has 0 radical (unpaired) electrons. The molecule has 1 atom stereocenters. The van der Waals surface area contributed by atoms with Crippen molar-refractivity contribution in [3.63, 3.8) is 0 Å². The summed E-state index contributed by atoms with van der Waals surface area (Å²) in [4.78, 5) is 29.0. The molecule has 0 aliphatic carbocycles. The number of hydrogen-bond donors (Lipinski definition) is 2. The molecule has 2 aromatic heterocycles. The van der Waals surface area contributed by atoms with E-state index in [1.165, 1.54) is 16.0 Å². The molecular formula is C23H19ClN3O4PS2. The average Bonchev–Trinajstić information content (AvgIpc) is 3.50. The maximum Gasteiger partial charge on any atom is 0.348 e. The van der Waals surface area contributed by atoms with Crippen LogP contribution >= 0.6 is 41.6 Å². The summed E-state index contributed by atoms with van der Waals surface area (Å²) in [6.07, 6.45) is 0. The highest BCUT2D eigenvalue weighted by atomic mass is 35.5. The van der Waals surface area contributed by atoms with Crippen LogP contribution in [0, 0.1) is 0 Å². The van der Waals surface area contributed by atoms with E-state index in [0.717, 1.165) is 16.9 Å². The lowest BCUT2D eigenvalue weighted by Crippen LogP contribution is -2.22. The normalized spacial score (nSPS) is 12.7. The Labute approximate surface area is 209 Å². The Morgan fingerprint density at radius 2 is 1.79 bits per heavy atom. The highest BCUT2D eigenvalue weighted by Crippen LogP contribution is 2.50. The number of carboxylic acid groups (broad SMARTS) is 1. The molecule has 11 heteroatoms. The van der Waals surface area contributed by atoms with Gasteiger partial charge in [-0.15, -0.1) is 22.7 Å². The Kier molecular flexibility index (Phi) is 6.91. The third-order valence-electron chi connectivity index (χ3n) is 5.23. The molecule has 2 N–H and O–H groups in total. The van der Waals surface area contributed by atoms with Gasteiger partial charge in [-0.2, -0.15) is 0 Å². The van der Waals surface area contributed by atoms with Gasteiger partial charge in [-0.3, -0.25) is 9.36 Å².